The van der Waals surface area contributed by atoms with E-state index >= 15 is 0 Å². The van der Waals surface area contributed by atoms with E-state index < -0.39 is 5.91 Å². The number of carbonyl (C=O) groups is 1. The van der Waals surface area contributed by atoms with Gasteiger partial charge in [-0.15, -0.1) is 0 Å². The summed E-state index contributed by atoms with van der Waals surface area (Å²) < 4.78 is 5.66. The number of nitrogens with zero attached hydrogens (tertiary/aromatic N) is 1. The van der Waals surface area contributed by atoms with Crippen molar-refractivity contribution in [1.82, 2.24) is 15.4 Å². The van der Waals surface area contributed by atoms with E-state index in [0.29, 0.717) is 0 Å². The van der Waals surface area contributed by atoms with Gasteiger partial charge >= 0.3 is 0 Å². The minimum atomic E-state index is -0.544. The van der Waals surface area contributed by atoms with E-state index in [4.69, 9.17) is 15.1 Å². The van der Waals surface area contributed by atoms with Crippen LogP contribution in [0.4, 0.5) is 0 Å². The first-order chi connectivity index (χ1) is 18.6. The second kappa shape index (κ2) is 12.1. The van der Waals surface area contributed by atoms with Gasteiger partial charge in [0.15, 0.2) is 0 Å². The molecule has 5 rings (SSSR count). The summed E-state index contributed by atoms with van der Waals surface area (Å²) in [5, 5.41) is 19.1. The molecule has 4 N–H and O–H groups in total. The Labute approximate surface area is 222 Å². The molecule has 0 saturated carbocycles. The third-order valence-corrected chi connectivity index (χ3v) is 7.18. The molecule has 1 atom stereocenters. The monoisotopic (exact) mass is 511 g/mol. The third-order valence-electron chi connectivity index (χ3n) is 7.18. The highest BCUT2D eigenvalue weighted by atomic mass is 16.5. The minimum Gasteiger partial charge on any atom is -0.491 e. The van der Waals surface area contributed by atoms with Crippen molar-refractivity contribution in [3.05, 3.63) is 107 Å². The summed E-state index contributed by atoms with van der Waals surface area (Å²) in [6.45, 7) is 1.94. The molecule has 1 unspecified atom stereocenters. The van der Waals surface area contributed by atoms with Crippen LogP contribution in [0.15, 0.2) is 79.0 Å². The van der Waals surface area contributed by atoms with E-state index in [-0.39, 0.29) is 19.3 Å². The summed E-state index contributed by atoms with van der Waals surface area (Å²) >= 11 is 0. The Bertz CT molecular complexity index is 1430. The number of aryl methyl sites for hydroxylation is 1. The Balaban J connectivity index is 1.39. The van der Waals surface area contributed by atoms with Gasteiger partial charge in [0.2, 0.25) is 0 Å². The molecule has 0 fully saturated rings. The number of para-hydroxylation sites is 1. The van der Waals surface area contributed by atoms with Crippen LogP contribution in [0.5, 0.6) is 5.75 Å². The third kappa shape index (κ3) is 5.97. The lowest BCUT2D eigenvalue weighted by Gasteiger charge is -2.30. The normalized spacial score (nSPS) is 14.9. The number of aromatic nitrogens is 1. The number of nitrogens with one attached hydrogen (secondary N) is 2. The van der Waals surface area contributed by atoms with Gasteiger partial charge in [0, 0.05) is 42.3 Å². The first kappa shape index (κ1) is 25.7. The van der Waals surface area contributed by atoms with Crippen LogP contribution in [-0.2, 0) is 24.2 Å². The molecule has 1 aliphatic rings. The van der Waals surface area contributed by atoms with Gasteiger partial charge in [-0.3, -0.25) is 14.9 Å². The highest BCUT2D eigenvalue weighted by Gasteiger charge is 2.28. The van der Waals surface area contributed by atoms with E-state index in [2.05, 4.69) is 64.6 Å². The van der Waals surface area contributed by atoms with E-state index in [9.17, 15) is 4.79 Å². The van der Waals surface area contributed by atoms with E-state index in [1.807, 2.05) is 18.2 Å². The first-order valence-electron chi connectivity index (χ1n) is 13.0. The summed E-state index contributed by atoms with van der Waals surface area (Å²) in [5.41, 5.74) is 8.81. The molecule has 7 heteroatoms. The fourth-order valence-electron chi connectivity index (χ4n) is 5.39. The van der Waals surface area contributed by atoms with Crippen molar-refractivity contribution in [2.24, 2.45) is 0 Å². The van der Waals surface area contributed by atoms with Gasteiger partial charge in [-0.25, -0.2) is 5.48 Å². The molecule has 0 radical (unpaired) electrons. The molecule has 38 heavy (non-hydrogen) atoms. The first-order valence-corrected chi connectivity index (χ1v) is 13.0. The van der Waals surface area contributed by atoms with Gasteiger partial charge in [0.25, 0.3) is 5.91 Å². The van der Waals surface area contributed by atoms with E-state index in [1.54, 1.807) is 11.6 Å². The molecule has 0 spiro atoms. The van der Waals surface area contributed by atoms with Gasteiger partial charge in [-0.2, -0.15) is 0 Å². The zero-order valence-corrected chi connectivity index (χ0v) is 21.3. The molecule has 1 heterocycles. The van der Waals surface area contributed by atoms with Crippen molar-refractivity contribution in [2.45, 2.75) is 31.8 Å². The topological polar surface area (TPSA) is 97.8 Å². The zero-order valence-electron chi connectivity index (χ0n) is 21.3. The zero-order chi connectivity index (χ0) is 26.3. The fourth-order valence-corrected chi connectivity index (χ4v) is 5.39. The number of aliphatic hydroxyl groups is 1. The number of benzene rings is 3. The van der Waals surface area contributed by atoms with Crippen LogP contribution < -0.4 is 10.2 Å². The van der Waals surface area contributed by atoms with Crippen molar-refractivity contribution >= 4 is 22.9 Å². The molecule has 196 valence electrons. The second-order valence-corrected chi connectivity index (χ2v) is 9.62. The lowest BCUT2D eigenvalue weighted by molar-refractivity contribution is -0.124. The standard InChI is InChI=1S/C31H33N3O4/c35-16-17-38-26-5-3-4-23(19-26)21-34(15-14-25-20-32-29-7-2-1-6-27(25)29)30-12-10-24-18-22(8-11-28(24)30)9-13-31(36)33-37/h1-9,11,13,18-20,30,32,35,37H,10,12,14-17,21H2,(H,33,36)/b13-9+. The van der Waals surface area contributed by atoms with Crippen LogP contribution in [0, 0.1) is 0 Å². The number of hydroxylamine groups is 1. The summed E-state index contributed by atoms with van der Waals surface area (Å²) in [4.78, 5) is 17.3. The number of rotatable bonds is 11. The number of fused-ring (bicyclic) bond motifs is 2. The van der Waals surface area contributed by atoms with Crippen molar-refractivity contribution in [3.63, 3.8) is 0 Å². The van der Waals surface area contributed by atoms with E-state index in [0.717, 1.165) is 49.2 Å². The van der Waals surface area contributed by atoms with Gasteiger partial charge in [0.1, 0.15) is 12.4 Å². The van der Waals surface area contributed by atoms with Crippen LogP contribution in [-0.4, -0.2) is 45.9 Å². The van der Waals surface area contributed by atoms with Crippen LogP contribution in [0.1, 0.15) is 40.3 Å². The summed E-state index contributed by atoms with van der Waals surface area (Å²) in [7, 11) is 0. The smallest absolute Gasteiger partial charge is 0.267 e. The average molecular weight is 512 g/mol. The molecule has 0 bridgehead atoms. The molecule has 1 aromatic heterocycles. The Hall–Kier alpha value is -3.91. The van der Waals surface area contributed by atoms with Crippen molar-refractivity contribution in [1.29, 1.82) is 0 Å². The largest absolute Gasteiger partial charge is 0.491 e. The molecule has 7 nitrogen and oxygen atoms in total. The lowest BCUT2D eigenvalue weighted by Crippen LogP contribution is -2.29. The Morgan fingerprint density at radius 1 is 1.13 bits per heavy atom. The number of ether oxygens (including phenoxy) is 1. The second-order valence-electron chi connectivity index (χ2n) is 9.62. The molecular formula is C31H33N3O4. The molecule has 4 aromatic rings. The number of amides is 1. The maximum atomic E-state index is 11.4. The van der Waals surface area contributed by atoms with Crippen molar-refractivity contribution in [3.8, 4) is 5.75 Å². The Morgan fingerprint density at radius 3 is 2.89 bits per heavy atom. The molecule has 1 amide bonds. The van der Waals surface area contributed by atoms with Crippen molar-refractivity contribution < 1.29 is 19.8 Å². The maximum absolute atomic E-state index is 11.4. The number of H-pyrrole nitrogens is 1. The summed E-state index contributed by atoms with van der Waals surface area (Å²) in [6.07, 6.45) is 8.08. The highest BCUT2D eigenvalue weighted by molar-refractivity contribution is 5.90. The Morgan fingerprint density at radius 2 is 2.03 bits per heavy atom. The number of hydrogen-bond donors (Lipinski definition) is 4. The quantitative estimate of drug-likeness (QED) is 0.132. The SMILES string of the molecule is O=C(/C=C/c1ccc2c(c1)CCC2N(CCc1c[nH]c2ccccc12)Cc1cccc(OCCO)c1)NO. The maximum Gasteiger partial charge on any atom is 0.267 e. The van der Waals surface area contributed by atoms with Gasteiger partial charge in [-0.05, 0) is 71.4 Å². The lowest BCUT2D eigenvalue weighted by atomic mass is 10.0. The van der Waals surface area contributed by atoms with Gasteiger partial charge in [-0.1, -0.05) is 48.5 Å². The van der Waals surface area contributed by atoms with Gasteiger partial charge < -0.3 is 14.8 Å². The average Bonchev–Trinajstić information content (AvgIpc) is 3.57. The van der Waals surface area contributed by atoms with Gasteiger partial charge in [0.05, 0.1) is 6.61 Å². The summed E-state index contributed by atoms with van der Waals surface area (Å²) in [5.74, 6) is 0.223. The molecular weight excluding hydrogens is 478 g/mol. The summed E-state index contributed by atoms with van der Waals surface area (Å²) in [6, 6.07) is 23.1. The minimum absolute atomic E-state index is 0.0122. The number of aliphatic hydroxyl groups excluding tert-OH is 1. The van der Waals surface area contributed by atoms with Crippen molar-refractivity contribution in [2.75, 3.05) is 19.8 Å². The van der Waals surface area contributed by atoms with Crippen LogP contribution in [0.25, 0.3) is 17.0 Å². The highest BCUT2D eigenvalue weighted by Crippen LogP contribution is 2.38. The van der Waals surface area contributed by atoms with Crippen LogP contribution in [0.3, 0.4) is 0 Å². The van der Waals surface area contributed by atoms with Crippen LogP contribution in [0.2, 0.25) is 0 Å². The molecule has 1 aliphatic carbocycles. The number of carbonyl (C=O) groups excluding carboxylic acids is 1. The number of aromatic amines is 1. The van der Waals surface area contributed by atoms with Crippen LogP contribution >= 0.6 is 0 Å². The molecule has 0 aliphatic heterocycles. The fraction of sp³-hybridized carbons (Fsp3) is 0.258. The Kier molecular flexibility index (Phi) is 8.19. The number of hydrogen-bond acceptors (Lipinski definition) is 5. The predicted molar refractivity (Wildman–Crippen MR) is 148 cm³/mol. The predicted octanol–water partition coefficient (Wildman–Crippen LogP) is 4.79. The molecule has 0 saturated heterocycles. The molecule has 3 aromatic carbocycles. The van der Waals surface area contributed by atoms with E-state index in [1.165, 1.54) is 33.7 Å².